The molecular formula is C28H31BrClN3O4S. The highest BCUT2D eigenvalue weighted by Gasteiger charge is 2.33. The topological polar surface area (TPSA) is 86.8 Å². The van der Waals surface area contributed by atoms with Crippen LogP contribution >= 0.6 is 27.5 Å². The number of hydrogen-bond donors (Lipinski definition) is 1. The van der Waals surface area contributed by atoms with Gasteiger partial charge in [0.1, 0.15) is 12.6 Å². The molecule has 3 rings (SSSR count). The van der Waals surface area contributed by atoms with Gasteiger partial charge in [-0.3, -0.25) is 13.9 Å². The van der Waals surface area contributed by atoms with Crippen LogP contribution in [-0.4, -0.2) is 44.3 Å². The minimum atomic E-state index is -4.16. The highest BCUT2D eigenvalue weighted by molar-refractivity contribution is 9.10. The number of halogens is 2. The third-order valence-corrected chi connectivity index (χ3v) is 8.41. The van der Waals surface area contributed by atoms with E-state index < -0.39 is 28.5 Å². The molecule has 0 saturated heterocycles. The predicted octanol–water partition coefficient (Wildman–Crippen LogP) is 5.49. The van der Waals surface area contributed by atoms with E-state index in [2.05, 4.69) is 21.2 Å². The summed E-state index contributed by atoms with van der Waals surface area (Å²) in [6.45, 7) is 5.61. The molecule has 0 heterocycles. The molecule has 10 heteroatoms. The van der Waals surface area contributed by atoms with E-state index in [9.17, 15) is 18.0 Å². The van der Waals surface area contributed by atoms with Crippen LogP contribution in [0.25, 0.3) is 0 Å². The number of sulfonamides is 1. The average Bonchev–Trinajstić information content (AvgIpc) is 2.89. The fourth-order valence-electron chi connectivity index (χ4n) is 3.75. The van der Waals surface area contributed by atoms with E-state index in [1.165, 1.54) is 17.0 Å². The van der Waals surface area contributed by atoms with Gasteiger partial charge in [-0.2, -0.15) is 0 Å². The summed E-state index contributed by atoms with van der Waals surface area (Å²) < 4.78 is 29.3. The second-order valence-electron chi connectivity index (χ2n) is 9.24. The van der Waals surface area contributed by atoms with Crippen molar-refractivity contribution in [2.24, 2.45) is 5.92 Å². The van der Waals surface area contributed by atoms with Crippen molar-refractivity contribution in [3.8, 4) is 0 Å². The number of hydrogen-bond acceptors (Lipinski definition) is 4. The molecule has 0 aliphatic carbocycles. The number of carbonyl (C=O) groups excluding carboxylic acids is 2. The number of nitrogens with one attached hydrogen (secondary N) is 1. The molecule has 0 radical (unpaired) electrons. The van der Waals surface area contributed by atoms with E-state index in [1.807, 2.05) is 38.1 Å². The average molecular weight is 621 g/mol. The van der Waals surface area contributed by atoms with Gasteiger partial charge >= 0.3 is 0 Å². The van der Waals surface area contributed by atoms with Gasteiger partial charge in [-0.25, -0.2) is 8.42 Å². The predicted molar refractivity (Wildman–Crippen MR) is 154 cm³/mol. The molecule has 0 fully saturated rings. The van der Waals surface area contributed by atoms with Crippen molar-refractivity contribution >= 4 is 55.1 Å². The second-order valence-corrected chi connectivity index (χ2v) is 12.4. The molecular weight excluding hydrogens is 590 g/mol. The summed E-state index contributed by atoms with van der Waals surface area (Å²) in [6.07, 6.45) is 0. The normalized spacial score (nSPS) is 12.2. The van der Waals surface area contributed by atoms with Crippen molar-refractivity contribution < 1.29 is 18.0 Å². The first-order valence-corrected chi connectivity index (χ1v) is 14.8. The van der Waals surface area contributed by atoms with Crippen LogP contribution < -0.4 is 9.62 Å². The van der Waals surface area contributed by atoms with Gasteiger partial charge in [-0.15, -0.1) is 0 Å². The number of para-hydroxylation sites is 1. The zero-order chi connectivity index (χ0) is 27.9. The molecule has 1 atom stereocenters. The van der Waals surface area contributed by atoms with Crippen LogP contribution in [0.2, 0.25) is 5.02 Å². The minimum Gasteiger partial charge on any atom is -0.354 e. The van der Waals surface area contributed by atoms with Gasteiger partial charge in [0.2, 0.25) is 11.8 Å². The Balaban J connectivity index is 2.01. The Morgan fingerprint density at radius 2 is 1.61 bits per heavy atom. The second kappa shape index (κ2) is 13.3. The highest BCUT2D eigenvalue weighted by atomic mass is 79.9. The maximum absolute atomic E-state index is 13.9. The number of amides is 2. The molecule has 7 nitrogen and oxygen atoms in total. The zero-order valence-electron chi connectivity index (χ0n) is 21.5. The molecule has 0 bridgehead atoms. The monoisotopic (exact) mass is 619 g/mol. The van der Waals surface area contributed by atoms with Crippen molar-refractivity contribution in [1.29, 1.82) is 0 Å². The van der Waals surface area contributed by atoms with Crippen LogP contribution in [0.15, 0.2) is 88.2 Å². The SMILES string of the molecule is CC(C)CNC(=O)C(C)N(Cc1cccc(Br)c1)C(=O)CN(c1ccccc1Cl)S(=O)(=O)c1ccccc1. The summed E-state index contributed by atoms with van der Waals surface area (Å²) in [6, 6.07) is 20.8. The van der Waals surface area contributed by atoms with Crippen LogP contribution in [0.4, 0.5) is 5.69 Å². The molecule has 38 heavy (non-hydrogen) atoms. The number of benzene rings is 3. The van der Waals surface area contributed by atoms with E-state index in [-0.39, 0.29) is 34.0 Å². The highest BCUT2D eigenvalue weighted by Crippen LogP contribution is 2.30. The van der Waals surface area contributed by atoms with Crippen molar-refractivity contribution in [2.75, 3.05) is 17.4 Å². The van der Waals surface area contributed by atoms with Crippen molar-refractivity contribution in [1.82, 2.24) is 10.2 Å². The molecule has 2 amide bonds. The Morgan fingerprint density at radius 3 is 2.24 bits per heavy atom. The lowest BCUT2D eigenvalue weighted by molar-refractivity contribution is -0.139. The van der Waals surface area contributed by atoms with Gasteiger partial charge in [0.15, 0.2) is 0 Å². The van der Waals surface area contributed by atoms with Crippen molar-refractivity contribution in [3.05, 3.63) is 93.9 Å². The number of carbonyl (C=O) groups is 2. The first-order chi connectivity index (χ1) is 18.0. The Kier molecular flexibility index (Phi) is 10.4. The third-order valence-electron chi connectivity index (χ3n) is 5.83. The summed E-state index contributed by atoms with van der Waals surface area (Å²) in [7, 11) is -4.16. The van der Waals surface area contributed by atoms with Gasteiger partial charge in [0, 0.05) is 17.6 Å². The molecule has 0 spiro atoms. The first kappa shape index (κ1) is 29.7. The maximum atomic E-state index is 13.9. The van der Waals surface area contributed by atoms with Crippen molar-refractivity contribution in [3.63, 3.8) is 0 Å². The Hall–Kier alpha value is -2.88. The minimum absolute atomic E-state index is 0.0222. The van der Waals surface area contributed by atoms with E-state index in [0.717, 1.165) is 14.3 Å². The summed E-state index contributed by atoms with van der Waals surface area (Å²) in [5.74, 6) is -0.638. The zero-order valence-corrected chi connectivity index (χ0v) is 24.6. The molecule has 0 aliphatic rings. The van der Waals surface area contributed by atoms with Gasteiger partial charge in [-0.1, -0.05) is 83.8 Å². The molecule has 1 N–H and O–H groups in total. The van der Waals surface area contributed by atoms with E-state index in [0.29, 0.717) is 6.54 Å². The smallest absolute Gasteiger partial charge is 0.264 e. The van der Waals surface area contributed by atoms with Gasteiger partial charge in [0.05, 0.1) is 15.6 Å². The Labute approximate surface area is 238 Å². The Morgan fingerprint density at radius 1 is 0.947 bits per heavy atom. The van der Waals surface area contributed by atoms with E-state index in [4.69, 9.17) is 11.6 Å². The van der Waals surface area contributed by atoms with Gasteiger partial charge < -0.3 is 10.2 Å². The standard InChI is InChI=1S/C28H31BrClN3O4S/c1-20(2)17-31-28(35)21(3)32(18-22-10-9-11-23(29)16-22)27(34)19-33(26-15-8-7-14-25(26)30)38(36,37)24-12-5-4-6-13-24/h4-16,20-21H,17-19H2,1-3H3,(H,31,35). The van der Waals surface area contributed by atoms with E-state index >= 15 is 0 Å². The largest absolute Gasteiger partial charge is 0.354 e. The lowest BCUT2D eigenvalue weighted by atomic mass is 10.1. The summed E-state index contributed by atoms with van der Waals surface area (Å²) >= 11 is 9.85. The van der Waals surface area contributed by atoms with Crippen LogP contribution in [0, 0.1) is 5.92 Å². The lowest BCUT2D eigenvalue weighted by Gasteiger charge is -2.32. The fraction of sp³-hybridized carbons (Fsp3) is 0.286. The maximum Gasteiger partial charge on any atom is 0.264 e. The number of rotatable bonds is 11. The third kappa shape index (κ3) is 7.58. The molecule has 0 aromatic heterocycles. The van der Waals surface area contributed by atoms with Crippen LogP contribution in [0.5, 0.6) is 0 Å². The van der Waals surface area contributed by atoms with Crippen LogP contribution in [0.3, 0.4) is 0 Å². The molecule has 202 valence electrons. The summed E-state index contributed by atoms with van der Waals surface area (Å²) in [4.78, 5) is 28.3. The molecule has 1 unspecified atom stereocenters. The van der Waals surface area contributed by atoms with Gasteiger partial charge in [-0.05, 0) is 54.8 Å². The molecule has 3 aromatic rings. The Bertz CT molecular complexity index is 1370. The summed E-state index contributed by atoms with van der Waals surface area (Å²) in [5, 5.41) is 3.05. The van der Waals surface area contributed by atoms with E-state index in [1.54, 1.807) is 49.4 Å². The van der Waals surface area contributed by atoms with Crippen molar-refractivity contribution in [2.45, 2.75) is 38.3 Å². The number of anilines is 1. The molecule has 0 saturated carbocycles. The number of nitrogens with zero attached hydrogens (tertiary/aromatic N) is 2. The fourth-order valence-corrected chi connectivity index (χ4v) is 5.94. The van der Waals surface area contributed by atoms with Crippen LogP contribution in [-0.2, 0) is 26.2 Å². The van der Waals surface area contributed by atoms with Crippen LogP contribution in [0.1, 0.15) is 26.3 Å². The molecule has 3 aromatic carbocycles. The molecule has 0 aliphatic heterocycles. The quantitative estimate of drug-likeness (QED) is 0.307. The lowest BCUT2D eigenvalue weighted by Crippen LogP contribution is -2.51. The summed E-state index contributed by atoms with van der Waals surface area (Å²) in [5.41, 5.74) is 0.956. The van der Waals surface area contributed by atoms with Gasteiger partial charge in [0.25, 0.3) is 10.0 Å². The first-order valence-electron chi connectivity index (χ1n) is 12.1.